The number of hydrogen-bond acceptors (Lipinski definition) is 1. The van der Waals surface area contributed by atoms with E-state index in [9.17, 15) is 0 Å². The Morgan fingerprint density at radius 1 is 1.44 bits per heavy atom. The van der Waals surface area contributed by atoms with Gasteiger partial charge in [-0.1, -0.05) is 13.8 Å². The maximum absolute atomic E-state index is 6.89. The van der Waals surface area contributed by atoms with Gasteiger partial charge in [0.05, 0.1) is 5.12 Å². The van der Waals surface area contributed by atoms with E-state index in [4.69, 9.17) is 16.8 Å². The van der Waals surface area contributed by atoms with Crippen molar-refractivity contribution in [2.45, 2.75) is 31.8 Å². The quantitative estimate of drug-likeness (QED) is 0.485. The Kier molecular flexibility index (Phi) is 5.42. The zero-order valence-corrected chi connectivity index (χ0v) is 7.54. The van der Waals surface area contributed by atoms with Crippen LogP contribution in [0.1, 0.15) is 26.7 Å². The van der Waals surface area contributed by atoms with Gasteiger partial charge in [0.25, 0.3) is 0 Å². The summed E-state index contributed by atoms with van der Waals surface area (Å²) in [7, 11) is 0.564. The number of hydrogen-bond donors (Lipinski definition) is 1. The second-order valence-corrected chi connectivity index (χ2v) is 4.25. The van der Waals surface area contributed by atoms with Gasteiger partial charge in [-0.05, 0) is 18.8 Å². The van der Waals surface area contributed by atoms with E-state index >= 15 is 0 Å². The minimum Gasteiger partial charge on any atom is -0.282 e. The molecule has 0 spiro atoms. The zero-order chi connectivity index (χ0) is 7.28. The topological polar surface area (TPSA) is 23.9 Å². The molecule has 0 amide bonds. The largest absolute Gasteiger partial charge is 0.282 e. The van der Waals surface area contributed by atoms with Crippen LogP contribution < -0.4 is 0 Å². The molecule has 0 aliphatic carbocycles. The summed E-state index contributed by atoms with van der Waals surface area (Å²) < 4.78 is 0. The summed E-state index contributed by atoms with van der Waals surface area (Å²) in [5, 5.41) is 6.94. The molecule has 0 aliphatic heterocycles. The van der Waals surface area contributed by atoms with Crippen molar-refractivity contribution in [1.82, 2.24) is 0 Å². The smallest absolute Gasteiger partial charge is 0.0921 e. The normalized spacial score (nSPS) is 14.7. The van der Waals surface area contributed by atoms with Gasteiger partial charge in [-0.3, -0.25) is 5.16 Å². The van der Waals surface area contributed by atoms with Gasteiger partial charge in [-0.25, -0.2) is 0 Å². The summed E-state index contributed by atoms with van der Waals surface area (Å²) in [4.78, 5) is 0. The van der Waals surface area contributed by atoms with Gasteiger partial charge >= 0.3 is 0 Å². The molecule has 0 fully saturated rings. The molecule has 0 aliphatic rings. The molecule has 1 unspecified atom stereocenters. The van der Waals surface area contributed by atoms with E-state index in [2.05, 4.69) is 13.8 Å². The van der Waals surface area contributed by atoms with Gasteiger partial charge in [0.1, 0.15) is 0 Å². The molecule has 0 aromatic carbocycles. The molecule has 0 rings (SSSR count). The zero-order valence-electron chi connectivity index (χ0n) is 5.89. The monoisotopic (exact) mass is 165 g/mol. The van der Waals surface area contributed by atoms with Crippen LogP contribution in [-0.2, 0) is 0 Å². The van der Waals surface area contributed by atoms with Crippen LogP contribution in [0.25, 0.3) is 0 Å². The third-order valence-electron chi connectivity index (χ3n) is 1.12. The summed E-state index contributed by atoms with van der Waals surface area (Å²) in [6, 6.07) is 0. The van der Waals surface area contributed by atoms with Crippen LogP contribution in [0.4, 0.5) is 0 Å². The molecule has 9 heavy (non-hydrogen) atoms. The van der Waals surface area contributed by atoms with E-state index in [0.717, 1.165) is 12.8 Å². The van der Waals surface area contributed by atoms with E-state index in [-0.39, 0.29) is 5.12 Å². The van der Waals surface area contributed by atoms with Crippen molar-refractivity contribution in [3.8, 4) is 0 Å². The van der Waals surface area contributed by atoms with Crippen molar-refractivity contribution < 1.29 is 0 Å². The molecular formula is C6H13ClNP. The van der Waals surface area contributed by atoms with Gasteiger partial charge in [0.2, 0.25) is 0 Å². The fraction of sp³-hybridized carbons (Fsp3) is 1.00. The maximum atomic E-state index is 6.89. The fourth-order valence-corrected chi connectivity index (χ4v) is 0.940. The van der Waals surface area contributed by atoms with Crippen molar-refractivity contribution in [3.63, 3.8) is 0 Å². The average molecular weight is 166 g/mol. The lowest BCUT2D eigenvalue weighted by molar-refractivity contribution is 0.571. The van der Waals surface area contributed by atoms with E-state index in [1.807, 2.05) is 0 Å². The Morgan fingerprint density at radius 2 is 2.00 bits per heavy atom. The molecule has 1 nitrogen and oxygen atoms in total. The lowest BCUT2D eigenvalue weighted by Gasteiger charge is -2.03. The SMILES string of the molecule is CC(C)CCC(Cl)P=N. The van der Waals surface area contributed by atoms with Crippen LogP contribution in [0.3, 0.4) is 0 Å². The molecule has 0 saturated heterocycles. The fourth-order valence-electron chi connectivity index (χ4n) is 0.535. The van der Waals surface area contributed by atoms with Gasteiger partial charge in [-0.15, -0.1) is 11.6 Å². The van der Waals surface area contributed by atoms with Crippen molar-refractivity contribution >= 4 is 20.0 Å². The first kappa shape index (κ1) is 9.39. The lowest BCUT2D eigenvalue weighted by Crippen LogP contribution is -1.92. The summed E-state index contributed by atoms with van der Waals surface area (Å²) >= 11 is 5.71. The van der Waals surface area contributed by atoms with Crippen molar-refractivity contribution in [2.75, 3.05) is 0 Å². The first-order chi connectivity index (χ1) is 4.16. The Bertz CT molecular complexity index is 85.1. The summed E-state index contributed by atoms with van der Waals surface area (Å²) in [5.41, 5.74) is 0. The van der Waals surface area contributed by atoms with Gasteiger partial charge in [0, 0.05) is 8.37 Å². The summed E-state index contributed by atoms with van der Waals surface area (Å²) in [6.45, 7) is 4.34. The molecule has 3 heteroatoms. The van der Waals surface area contributed by atoms with Crippen molar-refractivity contribution in [1.29, 1.82) is 5.16 Å². The van der Waals surface area contributed by atoms with Crippen LogP contribution in [0.15, 0.2) is 0 Å². The first-order valence-corrected chi connectivity index (χ1v) is 4.57. The molecule has 1 atom stereocenters. The Balaban J connectivity index is 3.16. The number of halogens is 1. The van der Waals surface area contributed by atoms with E-state index in [1.165, 1.54) is 0 Å². The van der Waals surface area contributed by atoms with Crippen LogP contribution in [0, 0.1) is 11.1 Å². The molecule has 0 heterocycles. The number of nitrogens with one attached hydrogen (secondary N) is 1. The highest BCUT2D eigenvalue weighted by Gasteiger charge is 2.01. The van der Waals surface area contributed by atoms with E-state index in [1.54, 1.807) is 0 Å². The highest BCUT2D eigenvalue weighted by atomic mass is 35.5. The van der Waals surface area contributed by atoms with Gasteiger partial charge in [0.15, 0.2) is 0 Å². The molecule has 54 valence electrons. The van der Waals surface area contributed by atoms with E-state index in [0.29, 0.717) is 14.3 Å². The molecule has 0 aromatic heterocycles. The predicted octanol–water partition coefficient (Wildman–Crippen LogP) is 3.70. The Labute approximate surface area is 63.5 Å². The first-order valence-electron chi connectivity index (χ1n) is 3.17. The van der Waals surface area contributed by atoms with Crippen LogP contribution in [0.5, 0.6) is 0 Å². The molecule has 1 N–H and O–H groups in total. The molecule has 0 aromatic rings. The maximum Gasteiger partial charge on any atom is 0.0921 e. The highest BCUT2D eigenvalue weighted by Crippen LogP contribution is 2.20. The predicted molar refractivity (Wildman–Crippen MR) is 43.4 cm³/mol. The van der Waals surface area contributed by atoms with Crippen LogP contribution in [0.2, 0.25) is 0 Å². The third-order valence-corrected chi connectivity index (χ3v) is 2.17. The standard InChI is InChI=1S/C6H13ClNP/c1-5(2)3-4-6(7)9-8/h5-6,8H,3-4H2,1-2H3. The summed E-state index contributed by atoms with van der Waals surface area (Å²) in [6.07, 6.45) is 2.12. The van der Waals surface area contributed by atoms with Crippen molar-refractivity contribution in [3.05, 3.63) is 0 Å². The molecule has 0 bridgehead atoms. The van der Waals surface area contributed by atoms with Crippen LogP contribution in [-0.4, -0.2) is 5.12 Å². The minimum atomic E-state index is 0.0485. The second-order valence-electron chi connectivity index (χ2n) is 2.53. The Morgan fingerprint density at radius 3 is 2.33 bits per heavy atom. The van der Waals surface area contributed by atoms with Crippen molar-refractivity contribution in [2.24, 2.45) is 5.92 Å². The lowest BCUT2D eigenvalue weighted by atomic mass is 10.1. The van der Waals surface area contributed by atoms with Crippen LogP contribution >= 0.6 is 20.0 Å². The van der Waals surface area contributed by atoms with E-state index < -0.39 is 0 Å². The Hall–Kier alpha value is 0.390. The number of rotatable bonds is 4. The molecule has 0 saturated carbocycles. The number of alkyl halides is 1. The second kappa shape index (κ2) is 5.20. The van der Waals surface area contributed by atoms with Gasteiger partial charge in [-0.2, -0.15) is 0 Å². The molecule has 0 radical (unpaired) electrons. The summed E-state index contributed by atoms with van der Waals surface area (Å²) in [5.74, 6) is 0.716. The molecular weight excluding hydrogens is 152 g/mol. The highest BCUT2D eigenvalue weighted by molar-refractivity contribution is 7.29. The minimum absolute atomic E-state index is 0.0485. The third kappa shape index (κ3) is 6.27. The van der Waals surface area contributed by atoms with Gasteiger partial charge < -0.3 is 0 Å². The average Bonchev–Trinajstić information content (AvgIpc) is 1.83.